The predicted octanol–water partition coefficient (Wildman–Crippen LogP) is 1.02. The van der Waals surface area contributed by atoms with Crippen LogP contribution in [0.4, 0.5) is 5.69 Å². The Kier molecular flexibility index (Phi) is 6.39. The maximum Gasteiger partial charge on any atom is 0.323 e. The number of benzene rings is 1. The predicted molar refractivity (Wildman–Crippen MR) is 105 cm³/mol. The number of carbonyl (C=O) groups is 3. The van der Waals surface area contributed by atoms with Gasteiger partial charge in [0.1, 0.15) is 18.2 Å². The maximum atomic E-state index is 12.9. The van der Waals surface area contributed by atoms with Gasteiger partial charge in [-0.1, -0.05) is 12.1 Å². The Morgan fingerprint density at radius 3 is 2.62 bits per heavy atom. The second-order valence-electron chi connectivity index (χ2n) is 7.74. The van der Waals surface area contributed by atoms with E-state index in [0.29, 0.717) is 12.3 Å². The highest BCUT2D eigenvalue weighted by Crippen LogP contribution is 2.39. The Balaban J connectivity index is 1.87. The number of fused-ring (bicyclic) bond motifs is 1. The van der Waals surface area contributed by atoms with Crippen molar-refractivity contribution in [3.63, 3.8) is 0 Å². The van der Waals surface area contributed by atoms with Gasteiger partial charge in [-0.15, -0.1) is 0 Å². The van der Waals surface area contributed by atoms with Crippen LogP contribution in [0.25, 0.3) is 0 Å². The van der Waals surface area contributed by atoms with Crippen molar-refractivity contribution in [3.8, 4) is 5.75 Å². The summed E-state index contributed by atoms with van der Waals surface area (Å²) in [4.78, 5) is 37.3. The fraction of sp³-hybridized carbons (Fsp3) is 0.550. The zero-order valence-electron chi connectivity index (χ0n) is 16.2. The molecule has 2 heterocycles. The van der Waals surface area contributed by atoms with Gasteiger partial charge in [-0.2, -0.15) is 0 Å². The number of carbonyl (C=O) groups excluding carboxylic acids is 1. The van der Waals surface area contributed by atoms with E-state index >= 15 is 0 Å². The van der Waals surface area contributed by atoms with E-state index in [1.54, 1.807) is 24.3 Å². The fourth-order valence-corrected chi connectivity index (χ4v) is 4.13. The highest BCUT2D eigenvalue weighted by Gasteiger charge is 2.47. The molecule has 0 spiro atoms. The van der Waals surface area contributed by atoms with Gasteiger partial charge in [0.15, 0.2) is 5.72 Å². The Morgan fingerprint density at radius 2 is 1.97 bits per heavy atom. The Bertz CT molecular complexity index is 779. The quantitative estimate of drug-likeness (QED) is 0.527. The lowest BCUT2D eigenvalue weighted by Crippen LogP contribution is -2.57. The normalized spacial score (nSPS) is 23.6. The number of ether oxygens (including phenoxy) is 1. The Morgan fingerprint density at radius 1 is 1.28 bits per heavy atom. The number of carboxylic acids is 2. The topological polar surface area (TPSA) is 142 Å². The van der Waals surface area contributed by atoms with E-state index in [4.69, 9.17) is 10.5 Å². The van der Waals surface area contributed by atoms with Gasteiger partial charge in [0, 0.05) is 0 Å². The van der Waals surface area contributed by atoms with E-state index in [2.05, 4.69) is 5.32 Å². The van der Waals surface area contributed by atoms with Crippen molar-refractivity contribution in [2.24, 2.45) is 17.6 Å². The molecule has 9 heteroatoms. The molecule has 1 amide bonds. The molecule has 0 aromatic heterocycles. The molecule has 2 aliphatic heterocycles. The van der Waals surface area contributed by atoms with Crippen LogP contribution in [0.1, 0.15) is 32.1 Å². The number of amides is 1. The second-order valence-corrected chi connectivity index (χ2v) is 7.74. The van der Waals surface area contributed by atoms with E-state index in [1.165, 1.54) is 0 Å². The number of anilines is 1. The summed E-state index contributed by atoms with van der Waals surface area (Å²) >= 11 is 0. The van der Waals surface area contributed by atoms with Gasteiger partial charge in [0.2, 0.25) is 5.91 Å². The molecule has 3 rings (SSSR count). The van der Waals surface area contributed by atoms with Crippen LogP contribution in [0, 0.1) is 11.8 Å². The van der Waals surface area contributed by atoms with E-state index in [1.807, 2.05) is 0 Å². The molecule has 0 saturated carbocycles. The van der Waals surface area contributed by atoms with Crippen LogP contribution in [0.15, 0.2) is 24.3 Å². The van der Waals surface area contributed by atoms with E-state index in [0.717, 1.165) is 30.8 Å². The largest absolute Gasteiger partial charge is 0.481 e. The number of para-hydroxylation sites is 2. The molecule has 1 saturated heterocycles. The number of carboxylic acid groups (broad SMARTS) is 2. The molecule has 29 heavy (non-hydrogen) atoms. The lowest BCUT2D eigenvalue weighted by Gasteiger charge is -2.34. The van der Waals surface area contributed by atoms with Crippen molar-refractivity contribution in [2.75, 3.05) is 24.5 Å². The van der Waals surface area contributed by atoms with Gasteiger partial charge >= 0.3 is 11.9 Å². The maximum absolute atomic E-state index is 12.9. The van der Waals surface area contributed by atoms with Gasteiger partial charge in [-0.05, 0) is 56.8 Å². The number of aliphatic carboxylic acids is 2. The number of nitrogens with two attached hydrogens (primary N) is 1. The summed E-state index contributed by atoms with van der Waals surface area (Å²) in [6, 6.07) is 6.45. The summed E-state index contributed by atoms with van der Waals surface area (Å²) in [5.74, 6) is -3.38. The first-order valence-corrected chi connectivity index (χ1v) is 9.83. The van der Waals surface area contributed by atoms with Crippen molar-refractivity contribution in [2.45, 2.75) is 37.8 Å². The molecule has 5 N–H and O–H groups in total. The molecule has 1 fully saturated rings. The molecule has 0 bridgehead atoms. The van der Waals surface area contributed by atoms with Gasteiger partial charge in [0.05, 0.1) is 12.1 Å². The van der Waals surface area contributed by atoms with Crippen LogP contribution >= 0.6 is 0 Å². The van der Waals surface area contributed by atoms with Gasteiger partial charge in [-0.3, -0.25) is 25.0 Å². The number of piperidine rings is 1. The van der Waals surface area contributed by atoms with Crippen LogP contribution in [0.3, 0.4) is 0 Å². The fourth-order valence-electron chi connectivity index (χ4n) is 4.13. The summed E-state index contributed by atoms with van der Waals surface area (Å²) in [6.45, 7) is 1.26. The van der Waals surface area contributed by atoms with E-state index in [-0.39, 0.29) is 17.9 Å². The molecule has 2 aliphatic rings. The minimum Gasteiger partial charge on any atom is -0.481 e. The first-order chi connectivity index (χ1) is 13.8. The summed E-state index contributed by atoms with van der Waals surface area (Å²) in [7, 11) is 0. The SMILES string of the molecule is N[C@@]1([C@H](CCC2CCNCC2)C(=O)O)CC(=O)N(CC(=O)O)c2ccccc2O1. The summed E-state index contributed by atoms with van der Waals surface area (Å²) in [5, 5.41) is 22.3. The molecule has 2 atom stereocenters. The number of hydrogen-bond donors (Lipinski definition) is 4. The number of hydrogen-bond acceptors (Lipinski definition) is 6. The zero-order chi connectivity index (χ0) is 21.0. The highest BCUT2D eigenvalue weighted by atomic mass is 16.5. The van der Waals surface area contributed by atoms with Crippen LogP contribution < -0.4 is 20.7 Å². The standard InChI is InChI=1S/C20H27N3O6/c21-20(14(19(27)28)6-5-13-7-9-22-10-8-13)11-17(24)23(12-18(25)26)15-3-1-2-4-16(15)29-20/h1-4,13-14,22H,5-12,21H2,(H,25,26)(H,27,28)/t14-,20+/m1/s1. The van der Waals surface area contributed by atoms with Gasteiger partial charge in [0.25, 0.3) is 0 Å². The molecule has 0 unspecified atom stereocenters. The average Bonchev–Trinajstić information content (AvgIpc) is 2.76. The van der Waals surface area contributed by atoms with Crippen LogP contribution in [0.5, 0.6) is 5.75 Å². The molecule has 158 valence electrons. The highest BCUT2D eigenvalue weighted by molar-refractivity contribution is 6.00. The minimum absolute atomic E-state index is 0.204. The summed E-state index contributed by atoms with van der Waals surface area (Å²) in [5.41, 5.74) is 4.92. The third kappa shape index (κ3) is 4.86. The zero-order valence-corrected chi connectivity index (χ0v) is 16.2. The molecule has 1 aromatic rings. The molecule has 1 aromatic carbocycles. The van der Waals surface area contributed by atoms with Gasteiger partial charge < -0.3 is 20.3 Å². The van der Waals surface area contributed by atoms with Crippen LogP contribution in [-0.2, 0) is 14.4 Å². The number of rotatable bonds is 7. The molecular weight excluding hydrogens is 378 g/mol. The second kappa shape index (κ2) is 8.79. The number of nitrogens with one attached hydrogen (secondary N) is 1. The van der Waals surface area contributed by atoms with Crippen LogP contribution in [0.2, 0.25) is 0 Å². The van der Waals surface area contributed by atoms with Crippen molar-refractivity contribution in [1.82, 2.24) is 5.32 Å². The van der Waals surface area contributed by atoms with Crippen molar-refractivity contribution in [3.05, 3.63) is 24.3 Å². The van der Waals surface area contributed by atoms with Crippen molar-refractivity contribution in [1.29, 1.82) is 0 Å². The summed E-state index contributed by atoms with van der Waals surface area (Å²) < 4.78 is 5.92. The van der Waals surface area contributed by atoms with Gasteiger partial charge in [-0.25, -0.2) is 0 Å². The molecule has 0 radical (unpaired) electrons. The minimum atomic E-state index is -1.76. The van der Waals surface area contributed by atoms with E-state index in [9.17, 15) is 24.6 Å². The monoisotopic (exact) mass is 405 g/mol. The third-order valence-electron chi connectivity index (χ3n) is 5.69. The van der Waals surface area contributed by atoms with Crippen molar-refractivity contribution >= 4 is 23.5 Å². The lowest BCUT2D eigenvalue weighted by molar-refractivity contribution is -0.152. The Hall–Kier alpha value is -2.65. The smallest absolute Gasteiger partial charge is 0.323 e. The first kappa shape index (κ1) is 21.1. The molecule has 0 aliphatic carbocycles. The van der Waals surface area contributed by atoms with E-state index < -0.39 is 42.5 Å². The molecule has 9 nitrogen and oxygen atoms in total. The third-order valence-corrected chi connectivity index (χ3v) is 5.69. The molecular formula is C20H27N3O6. The van der Waals surface area contributed by atoms with Crippen LogP contribution in [-0.4, -0.2) is 53.4 Å². The first-order valence-electron chi connectivity index (χ1n) is 9.83. The average molecular weight is 405 g/mol. The lowest BCUT2D eigenvalue weighted by atomic mass is 9.83. The summed E-state index contributed by atoms with van der Waals surface area (Å²) in [6.07, 6.45) is 2.48. The Labute approximate surface area is 168 Å². The number of nitrogens with zero attached hydrogens (tertiary/aromatic N) is 1. The van der Waals surface area contributed by atoms with Crippen molar-refractivity contribution < 1.29 is 29.3 Å².